The minimum absolute atomic E-state index is 0.0513. The van der Waals surface area contributed by atoms with E-state index in [1.807, 2.05) is 12.1 Å². The SMILES string of the molecule is Nc1ccc(C(=O)c2ccc3c(c2)CCC3)cc1Br. The second kappa shape index (κ2) is 4.82. The maximum atomic E-state index is 12.4. The lowest BCUT2D eigenvalue weighted by Crippen LogP contribution is -2.03. The Morgan fingerprint density at radius 1 is 1.00 bits per heavy atom. The highest BCUT2D eigenvalue weighted by Crippen LogP contribution is 2.26. The van der Waals surface area contributed by atoms with Crippen molar-refractivity contribution in [2.45, 2.75) is 19.3 Å². The van der Waals surface area contributed by atoms with Crippen molar-refractivity contribution in [3.63, 3.8) is 0 Å². The van der Waals surface area contributed by atoms with Crippen molar-refractivity contribution in [3.05, 3.63) is 63.1 Å². The fourth-order valence-corrected chi connectivity index (χ4v) is 2.93. The Morgan fingerprint density at radius 2 is 1.68 bits per heavy atom. The van der Waals surface area contributed by atoms with E-state index in [1.54, 1.807) is 18.2 Å². The highest BCUT2D eigenvalue weighted by atomic mass is 79.9. The molecule has 3 heteroatoms. The monoisotopic (exact) mass is 315 g/mol. The third-order valence-corrected chi connectivity index (χ3v) is 4.31. The number of halogens is 1. The third-order valence-electron chi connectivity index (χ3n) is 3.62. The first-order valence-electron chi connectivity index (χ1n) is 6.36. The van der Waals surface area contributed by atoms with Gasteiger partial charge in [0.15, 0.2) is 5.78 Å². The van der Waals surface area contributed by atoms with Gasteiger partial charge in [-0.2, -0.15) is 0 Å². The number of nitrogens with two attached hydrogens (primary N) is 1. The minimum atomic E-state index is 0.0513. The number of aryl methyl sites for hydroxylation is 2. The highest BCUT2D eigenvalue weighted by molar-refractivity contribution is 9.10. The molecule has 0 bridgehead atoms. The van der Waals surface area contributed by atoms with E-state index in [9.17, 15) is 4.79 Å². The summed E-state index contributed by atoms with van der Waals surface area (Å²) in [7, 11) is 0. The zero-order valence-electron chi connectivity index (χ0n) is 10.4. The Hall–Kier alpha value is -1.61. The molecule has 1 aliphatic carbocycles. The van der Waals surface area contributed by atoms with Crippen molar-refractivity contribution in [3.8, 4) is 0 Å². The van der Waals surface area contributed by atoms with E-state index in [0.29, 0.717) is 11.3 Å². The topological polar surface area (TPSA) is 43.1 Å². The number of rotatable bonds is 2. The van der Waals surface area contributed by atoms with Crippen LogP contribution < -0.4 is 5.73 Å². The van der Waals surface area contributed by atoms with E-state index in [2.05, 4.69) is 22.0 Å². The molecule has 0 aliphatic heterocycles. The van der Waals surface area contributed by atoms with E-state index in [-0.39, 0.29) is 5.78 Å². The van der Waals surface area contributed by atoms with Crippen molar-refractivity contribution in [2.24, 2.45) is 0 Å². The van der Waals surface area contributed by atoms with Crippen LogP contribution in [0.5, 0.6) is 0 Å². The summed E-state index contributed by atoms with van der Waals surface area (Å²) in [6.45, 7) is 0. The fourth-order valence-electron chi connectivity index (χ4n) is 2.55. The van der Waals surface area contributed by atoms with Crippen LogP contribution in [0.25, 0.3) is 0 Å². The molecule has 0 atom stereocenters. The maximum absolute atomic E-state index is 12.4. The summed E-state index contributed by atoms with van der Waals surface area (Å²) in [5.74, 6) is 0.0513. The molecule has 1 aliphatic rings. The van der Waals surface area contributed by atoms with Gasteiger partial charge < -0.3 is 5.73 Å². The van der Waals surface area contributed by atoms with Crippen molar-refractivity contribution in [1.82, 2.24) is 0 Å². The molecule has 0 spiro atoms. The second-order valence-corrected chi connectivity index (χ2v) is 5.76. The van der Waals surface area contributed by atoms with Gasteiger partial charge in [-0.05, 0) is 70.6 Å². The van der Waals surface area contributed by atoms with E-state index >= 15 is 0 Å². The van der Waals surface area contributed by atoms with Crippen molar-refractivity contribution >= 4 is 27.4 Å². The molecule has 0 saturated heterocycles. The van der Waals surface area contributed by atoms with E-state index in [4.69, 9.17) is 5.73 Å². The summed E-state index contributed by atoms with van der Waals surface area (Å²) in [4.78, 5) is 12.4. The molecular formula is C16H14BrNO. The quantitative estimate of drug-likeness (QED) is 0.677. The Labute approximate surface area is 120 Å². The molecule has 19 heavy (non-hydrogen) atoms. The Morgan fingerprint density at radius 3 is 2.47 bits per heavy atom. The van der Waals surface area contributed by atoms with Gasteiger partial charge in [0, 0.05) is 21.3 Å². The molecule has 0 saturated carbocycles. The van der Waals surface area contributed by atoms with Gasteiger partial charge in [0.05, 0.1) is 0 Å². The normalized spacial score (nSPS) is 13.3. The summed E-state index contributed by atoms with van der Waals surface area (Å²) in [6, 6.07) is 11.4. The second-order valence-electron chi connectivity index (χ2n) is 4.90. The largest absolute Gasteiger partial charge is 0.398 e. The molecule has 0 amide bonds. The van der Waals surface area contributed by atoms with Crippen LogP contribution in [0.1, 0.15) is 33.5 Å². The number of ketones is 1. The van der Waals surface area contributed by atoms with Gasteiger partial charge in [0.1, 0.15) is 0 Å². The summed E-state index contributed by atoms with van der Waals surface area (Å²) >= 11 is 3.36. The number of benzene rings is 2. The van der Waals surface area contributed by atoms with Crippen LogP contribution in [-0.4, -0.2) is 5.78 Å². The Bertz CT molecular complexity index is 664. The molecule has 2 nitrogen and oxygen atoms in total. The number of carbonyl (C=O) groups is 1. The molecular weight excluding hydrogens is 302 g/mol. The van der Waals surface area contributed by atoms with E-state index in [0.717, 1.165) is 22.9 Å². The standard InChI is InChI=1S/C16H14BrNO/c17-14-9-13(6-7-15(14)18)16(19)12-5-4-10-2-1-3-11(10)8-12/h4-9H,1-3,18H2. The van der Waals surface area contributed by atoms with Crippen LogP contribution in [0.2, 0.25) is 0 Å². The number of hydrogen-bond donors (Lipinski definition) is 1. The molecule has 0 unspecified atom stereocenters. The summed E-state index contributed by atoms with van der Waals surface area (Å²) in [5, 5.41) is 0. The van der Waals surface area contributed by atoms with Gasteiger partial charge in [-0.3, -0.25) is 4.79 Å². The zero-order valence-corrected chi connectivity index (χ0v) is 12.0. The number of fused-ring (bicyclic) bond motifs is 1. The number of anilines is 1. The Balaban J connectivity index is 1.97. The Kier molecular flexibility index (Phi) is 3.15. The van der Waals surface area contributed by atoms with Crippen molar-refractivity contribution in [1.29, 1.82) is 0 Å². The lowest BCUT2D eigenvalue weighted by Gasteiger charge is -2.06. The third kappa shape index (κ3) is 2.30. The maximum Gasteiger partial charge on any atom is 0.193 e. The zero-order chi connectivity index (χ0) is 13.4. The van der Waals surface area contributed by atoms with Crippen molar-refractivity contribution < 1.29 is 4.79 Å². The molecule has 0 heterocycles. The van der Waals surface area contributed by atoms with Gasteiger partial charge >= 0.3 is 0 Å². The van der Waals surface area contributed by atoms with Crippen LogP contribution in [0.15, 0.2) is 40.9 Å². The van der Waals surface area contributed by atoms with E-state index in [1.165, 1.54) is 17.5 Å². The first kappa shape index (κ1) is 12.4. The van der Waals surface area contributed by atoms with Gasteiger partial charge in [0.2, 0.25) is 0 Å². The van der Waals surface area contributed by atoms with Gasteiger partial charge in [0.25, 0.3) is 0 Å². The molecule has 0 aromatic heterocycles. The van der Waals surface area contributed by atoms with Crippen LogP contribution in [0, 0.1) is 0 Å². The highest BCUT2D eigenvalue weighted by Gasteiger charge is 2.15. The van der Waals surface area contributed by atoms with Gasteiger partial charge in [-0.15, -0.1) is 0 Å². The molecule has 0 radical (unpaired) electrons. The van der Waals surface area contributed by atoms with Crippen molar-refractivity contribution in [2.75, 3.05) is 5.73 Å². The lowest BCUT2D eigenvalue weighted by atomic mass is 9.99. The van der Waals surface area contributed by atoms with Crippen LogP contribution in [-0.2, 0) is 12.8 Å². The first-order valence-corrected chi connectivity index (χ1v) is 7.16. The predicted molar refractivity (Wildman–Crippen MR) is 80.5 cm³/mol. The molecule has 96 valence electrons. The fraction of sp³-hybridized carbons (Fsp3) is 0.188. The molecule has 2 aromatic carbocycles. The molecule has 3 rings (SSSR count). The average molecular weight is 316 g/mol. The minimum Gasteiger partial charge on any atom is -0.398 e. The molecule has 0 fully saturated rings. The number of hydrogen-bond acceptors (Lipinski definition) is 2. The van der Waals surface area contributed by atoms with Crippen LogP contribution in [0.3, 0.4) is 0 Å². The van der Waals surface area contributed by atoms with Gasteiger partial charge in [-0.25, -0.2) is 0 Å². The number of carbonyl (C=O) groups excluding carboxylic acids is 1. The first-order chi connectivity index (χ1) is 9.15. The summed E-state index contributed by atoms with van der Waals surface area (Å²) in [6.07, 6.45) is 3.42. The molecule has 2 aromatic rings. The lowest BCUT2D eigenvalue weighted by molar-refractivity contribution is 0.103. The molecule has 2 N–H and O–H groups in total. The summed E-state index contributed by atoms with van der Waals surface area (Å²) in [5.41, 5.74) is 10.5. The van der Waals surface area contributed by atoms with Gasteiger partial charge in [-0.1, -0.05) is 12.1 Å². The average Bonchev–Trinajstić information content (AvgIpc) is 2.88. The summed E-state index contributed by atoms with van der Waals surface area (Å²) < 4.78 is 0.763. The van der Waals surface area contributed by atoms with E-state index < -0.39 is 0 Å². The van der Waals surface area contributed by atoms with Crippen LogP contribution in [0.4, 0.5) is 5.69 Å². The van der Waals surface area contributed by atoms with Crippen LogP contribution >= 0.6 is 15.9 Å². The smallest absolute Gasteiger partial charge is 0.193 e. The number of nitrogen functional groups attached to an aromatic ring is 1. The predicted octanol–water partition coefficient (Wildman–Crippen LogP) is 3.75.